The van der Waals surface area contributed by atoms with E-state index in [4.69, 9.17) is 14.2 Å². The number of hydrogen-bond donors (Lipinski definition) is 1. The van der Waals surface area contributed by atoms with E-state index < -0.39 is 23.7 Å². The number of nitrogens with zero attached hydrogens (tertiary/aromatic N) is 1. The highest BCUT2D eigenvalue weighted by Gasteiger charge is 2.29. The molecule has 0 fully saturated rings. The molecule has 0 saturated heterocycles. The number of nitrogens with one attached hydrogen (secondary N) is 1. The molecule has 0 unspecified atom stereocenters. The fourth-order valence-corrected chi connectivity index (χ4v) is 3.00. The molecule has 0 spiro atoms. The number of esters is 1. The Morgan fingerprint density at radius 1 is 1.09 bits per heavy atom. The Balaban J connectivity index is 2.66. The van der Waals surface area contributed by atoms with E-state index in [-0.39, 0.29) is 30.9 Å². The van der Waals surface area contributed by atoms with Gasteiger partial charge in [0, 0.05) is 19.5 Å². The first-order valence-corrected chi connectivity index (χ1v) is 10.9. The lowest BCUT2D eigenvalue weighted by atomic mass is 9.99. The summed E-state index contributed by atoms with van der Waals surface area (Å²) < 4.78 is 15.8. The maximum Gasteiger partial charge on any atom is 0.407 e. The highest BCUT2D eigenvalue weighted by molar-refractivity contribution is 5.84. The molecule has 0 aromatic heterocycles. The van der Waals surface area contributed by atoms with Gasteiger partial charge in [-0.15, -0.1) is 0 Å². The molecule has 32 heavy (non-hydrogen) atoms. The predicted molar refractivity (Wildman–Crippen MR) is 122 cm³/mol. The molecular weight excluding hydrogens is 412 g/mol. The summed E-state index contributed by atoms with van der Waals surface area (Å²) in [5.41, 5.74) is 0.368. The largest absolute Gasteiger partial charge is 0.467 e. The van der Waals surface area contributed by atoms with Gasteiger partial charge in [0.05, 0.1) is 20.3 Å². The molecule has 0 aliphatic carbocycles. The van der Waals surface area contributed by atoms with Crippen LogP contribution in [0.15, 0.2) is 30.3 Å². The van der Waals surface area contributed by atoms with Crippen LogP contribution in [0.5, 0.6) is 0 Å². The molecule has 0 bridgehead atoms. The summed E-state index contributed by atoms with van der Waals surface area (Å²) in [4.78, 5) is 38.5. The molecule has 0 heterocycles. The van der Waals surface area contributed by atoms with Crippen LogP contribution in [0.25, 0.3) is 0 Å². The summed E-state index contributed by atoms with van der Waals surface area (Å²) in [5.74, 6) is -0.673. The first-order valence-electron chi connectivity index (χ1n) is 10.9. The highest BCUT2D eigenvalue weighted by atomic mass is 16.6. The Bertz CT molecular complexity index is 730. The van der Waals surface area contributed by atoms with Crippen LogP contribution in [0.4, 0.5) is 4.79 Å². The maximum absolute atomic E-state index is 12.8. The van der Waals surface area contributed by atoms with Crippen molar-refractivity contribution in [3.05, 3.63) is 35.9 Å². The first-order chi connectivity index (χ1) is 14.9. The van der Waals surface area contributed by atoms with Gasteiger partial charge in [-0.25, -0.2) is 9.59 Å². The lowest BCUT2D eigenvalue weighted by Gasteiger charge is -2.28. The number of rotatable bonds is 11. The van der Waals surface area contributed by atoms with Gasteiger partial charge in [0.1, 0.15) is 5.60 Å². The van der Waals surface area contributed by atoms with Gasteiger partial charge in [0.2, 0.25) is 5.91 Å². The van der Waals surface area contributed by atoms with Crippen molar-refractivity contribution in [2.24, 2.45) is 5.92 Å². The topological polar surface area (TPSA) is 94.2 Å². The molecular formula is C24H38N2O6. The summed E-state index contributed by atoms with van der Waals surface area (Å²) in [7, 11) is 2.84. The number of methoxy groups -OCH3 is 1. The molecule has 2 atom stereocenters. The second-order valence-corrected chi connectivity index (χ2v) is 9.08. The van der Waals surface area contributed by atoms with Crippen LogP contribution in [-0.4, -0.2) is 61.3 Å². The van der Waals surface area contributed by atoms with Crippen molar-refractivity contribution < 1.29 is 28.6 Å². The van der Waals surface area contributed by atoms with E-state index in [9.17, 15) is 14.4 Å². The van der Waals surface area contributed by atoms with Gasteiger partial charge < -0.3 is 24.4 Å². The Kier molecular flexibility index (Phi) is 11.2. The molecule has 1 aromatic carbocycles. The predicted octanol–water partition coefficient (Wildman–Crippen LogP) is 3.53. The molecule has 8 heteroatoms. The standard InChI is InChI=1S/C24H38N2O6/c1-17(2)19(25-23(29)32-24(3,4)5)13-14-21(27)26(6)20(22(28)30-7)16-31-15-18-11-9-8-10-12-18/h8-12,17,19-20H,13-16H2,1-7H3,(H,25,29)/t19-,20-/m0/s1. The second-order valence-electron chi connectivity index (χ2n) is 9.08. The Morgan fingerprint density at radius 3 is 2.25 bits per heavy atom. The molecule has 0 radical (unpaired) electrons. The van der Waals surface area contributed by atoms with Crippen LogP contribution >= 0.6 is 0 Å². The van der Waals surface area contributed by atoms with Crippen LogP contribution in [0.1, 0.15) is 53.0 Å². The van der Waals surface area contributed by atoms with Crippen LogP contribution in [0, 0.1) is 5.92 Å². The molecule has 1 rings (SSSR count). The second kappa shape index (κ2) is 13.1. The summed E-state index contributed by atoms with van der Waals surface area (Å²) >= 11 is 0. The number of amides is 2. The maximum atomic E-state index is 12.8. The van der Waals surface area contributed by atoms with Gasteiger partial charge >= 0.3 is 12.1 Å². The van der Waals surface area contributed by atoms with E-state index in [1.807, 2.05) is 44.2 Å². The van der Waals surface area contributed by atoms with Gasteiger partial charge in [0.25, 0.3) is 0 Å². The molecule has 0 aliphatic rings. The van der Waals surface area contributed by atoms with Crippen molar-refractivity contribution in [2.75, 3.05) is 20.8 Å². The third kappa shape index (κ3) is 10.1. The zero-order chi connectivity index (χ0) is 24.3. The molecule has 1 aromatic rings. The Hall–Kier alpha value is -2.61. The van der Waals surface area contributed by atoms with Crippen LogP contribution < -0.4 is 5.32 Å². The molecule has 2 amide bonds. The number of likely N-dealkylation sites (N-methyl/N-ethyl adjacent to an activating group) is 1. The minimum Gasteiger partial charge on any atom is -0.467 e. The lowest BCUT2D eigenvalue weighted by Crippen LogP contribution is -2.47. The smallest absolute Gasteiger partial charge is 0.407 e. The molecule has 8 nitrogen and oxygen atoms in total. The fourth-order valence-electron chi connectivity index (χ4n) is 3.00. The zero-order valence-electron chi connectivity index (χ0n) is 20.3. The third-order valence-electron chi connectivity index (χ3n) is 4.90. The number of carbonyl (C=O) groups is 3. The Labute approximate surface area is 191 Å². The van der Waals surface area contributed by atoms with Gasteiger partial charge in [-0.2, -0.15) is 0 Å². The normalized spacial score (nSPS) is 13.2. The fraction of sp³-hybridized carbons (Fsp3) is 0.625. The Morgan fingerprint density at radius 2 is 1.72 bits per heavy atom. The van der Waals surface area contributed by atoms with Crippen molar-refractivity contribution in [1.29, 1.82) is 0 Å². The average molecular weight is 451 g/mol. The zero-order valence-corrected chi connectivity index (χ0v) is 20.3. The number of alkyl carbamates (subject to hydrolysis) is 1. The average Bonchev–Trinajstić information content (AvgIpc) is 2.72. The van der Waals surface area contributed by atoms with Crippen LogP contribution in [0.2, 0.25) is 0 Å². The van der Waals surface area contributed by atoms with Gasteiger partial charge in [-0.1, -0.05) is 44.2 Å². The third-order valence-corrected chi connectivity index (χ3v) is 4.90. The van der Waals surface area contributed by atoms with Crippen molar-refractivity contribution in [3.8, 4) is 0 Å². The van der Waals surface area contributed by atoms with Gasteiger partial charge in [-0.3, -0.25) is 4.79 Å². The highest BCUT2D eigenvalue weighted by Crippen LogP contribution is 2.14. The van der Waals surface area contributed by atoms with Crippen molar-refractivity contribution in [2.45, 2.75) is 71.8 Å². The van der Waals surface area contributed by atoms with Gasteiger partial charge in [-0.05, 0) is 38.7 Å². The van der Waals surface area contributed by atoms with Crippen LogP contribution in [0.3, 0.4) is 0 Å². The number of ether oxygens (including phenoxy) is 3. The summed E-state index contributed by atoms with van der Waals surface area (Å²) in [6.45, 7) is 9.65. The quantitative estimate of drug-likeness (QED) is 0.518. The van der Waals surface area contributed by atoms with E-state index in [0.29, 0.717) is 13.0 Å². The van der Waals surface area contributed by atoms with E-state index in [2.05, 4.69) is 5.32 Å². The summed E-state index contributed by atoms with van der Waals surface area (Å²) in [5, 5.41) is 2.83. The number of carbonyl (C=O) groups excluding carboxylic acids is 3. The van der Waals surface area contributed by atoms with Crippen molar-refractivity contribution >= 4 is 18.0 Å². The van der Waals surface area contributed by atoms with E-state index in [1.165, 1.54) is 12.0 Å². The number of benzene rings is 1. The monoisotopic (exact) mass is 450 g/mol. The summed E-state index contributed by atoms with van der Waals surface area (Å²) in [6.07, 6.45) is 0.0546. The van der Waals surface area contributed by atoms with E-state index in [0.717, 1.165) is 5.56 Å². The number of hydrogen-bond acceptors (Lipinski definition) is 6. The molecule has 0 saturated carbocycles. The van der Waals surface area contributed by atoms with Crippen molar-refractivity contribution in [3.63, 3.8) is 0 Å². The van der Waals surface area contributed by atoms with E-state index >= 15 is 0 Å². The lowest BCUT2D eigenvalue weighted by molar-refractivity contribution is -0.154. The minimum absolute atomic E-state index is 0.0214. The van der Waals surface area contributed by atoms with E-state index in [1.54, 1.807) is 27.8 Å². The molecule has 180 valence electrons. The molecule has 0 aliphatic heterocycles. The minimum atomic E-state index is -0.854. The van der Waals surface area contributed by atoms with Crippen LogP contribution in [-0.2, 0) is 30.4 Å². The summed E-state index contributed by atoms with van der Waals surface area (Å²) in [6, 6.07) is 8.47. The van der Waals surface area contributed by atoms with Gasteiger partial charge in [0.15, 0.2) is 6.04 Å². The first kappa shape index (κ1) is 27.4. The van der Waals surface area contributed by atoms with Crippen molar-refractivity contribution in [1.82, 2.24) is 10.2 Å². The SMILES string of the molecule is COC(=O)[C@H](COCc1ccccc1)N(C)C(=O)CC[C@H](NC(=O)OC(C)(C)C)C(C)C. The molecule has 1 N–H and O–H groups in total.